The maximum absolute atomic E-state index is 11.9. The summed E-state index contributed by atoms with van der Waals surface area (Å²) >= 11 is 0. The van der Waals surface area contributed by atoms with Gasteiger partial charge >= 0.3 is 5.97 Å². The Labute approximate surface area is 127 Å². The van der Waals surface area contributed by atoms with Gasteiger partial charge in [0.2, 0.25) is 11.9 Å². The third-order valence-electron chi connectivity index (χ3n) is 2.78. The summed E-state index contributed by atoms with van der Waals surface area (Å²) in [5.74, 6) is 0.233. The van der Waals surface area contributed by atoms with Crippen LogP contribution >= 0.6 is 0 Å². The summed E-state index contributed by atoms with van der Waals surface area (Å²) in [7, 11) is 3.56. The highest BCUT2D eigenvalue weighted by molar-refractivity contribution is 5.87. The van der Waals surface area contributed by atoms with Crippen LogP contribution in [0.5, 0.6) is 0 Å². The number of anilines is 2. The zero-order valence-corrected chi connectivity index (χ0v) is 12.8. The number of hydrogen-bond donors (Lipinski definition) is 2. The zero-order chi connectivity index (χ0) is 16.1. The molecule has 2 aromatic heterocycles. The van der Waals surface area contributed by atoms with Crippen LogP contribution in [0.1, 0.15) is 35.4 Å². The molecule has 9 nitrogen and oxygen atoms in total. The molecule has 2 heterocycles. The van der Waals surface area contributed by atoms with E-state index < -0.39 is 5.97 Å². The van der Waals surface area contributed by atoms with Gasteiger partial charge in [0, 0.05) is 19.8 Å². The van der Waals surface area contributed by atoms with Crippen LogP contribution in [0.25, 0.3) is 0 Å². The lowest BCUT2D eigenvalue weighted by atomic mass is 10.2. The standard InChI is InChI=1S/C13H19N7O2/c1-4-5-8-6-9(19-18-8)11(21)22-7-10-15-12(14)17-13(16-10)20(2)3/h6H,4-5,7H2,1-3H3,(H,18,19)(H2,14,15,16,17). The van der Waals surface area contributed by atoms with Gasteiger partial charge in [-0.1, -0.05) is 13.3 Å². The summed E-state index contributed by atoms with van der Waals surface area (Å²) in [5, 5.41) is 6.72. The zero-order valence-electron chi connectivity index (χ0n) is 12.8. The second-order valence-electron chi connectivity index (χ2n) is 4.91. The van der Waals surface area contributed by atoms with Crippen LogP contribution in [-0.4, -0.2) is 45.2 Å². The quantitative estimate of drug-likeness (QED) is 0.742. The first-order valence-corrected chi connectivity index (χ1v) is 6.88. The van der Waals surface area contributed by atoms with Crippen molar-refractivity contribution in [2.75, 3.05) is 24.7 Å². The van der Waals surface area contributed by atoms with Crippen LogP contribution in [0.2, 0.25) is 0 Å². The second kappa shape index (κ2) is 6.83. The second-order valence-corrected chi connectivity index (χ2v) is 4.91. The first-order valence-electron chi connectivity index (χ1n) is 6.88. The summed E-state index contributed by atoms with van der Waals surface area (Å²) < 4.78 is 5.15. The van der Waals surface area contributed by atoms with Crippen molar-refractivity contribution >= 4 is 17.9 Å². The number of nitrogen functional groups attached to an aromatic ring is 1. The minimum Gasteiger partial charge on any atom is -0.453 e. The SMILES string of the molecule is CCCc1cc(C(=O)OCc2nc(N)nc(N(C)C)n2)n[nH]1. The predicted molar refractivity (Wildman–Crippen MR) is 80.3 cm³/mol. The molecule has 0 atom stereocenters. The molecule has 0 aliphatic carbocycles. The molecule has 0 saturated carbocycles. The Morgan fingerprint density at radius 1 is 1.36 bits per heavy atom. The van der Waals surface area contributed by atoms with Crippen molar-refractivity contribution < 1.29 is 9.53 Å². The van der Waals surface area contributed by atoms with Gasteiger partial charge in [0.15, 0.2) is 18.1 Å². The molecule has 0 aromatic carbocycles. The Kier molecular flexibility index (Phi) is 4.87. The first kappa shape index (κ1) is 15.7. The average Bonchev–Trinajstić information content (AvgIpc) is 2.93. The number of hydrogen-bond acceptors (Lipinski definition) is 8. The van der Waals surface area contributed by atoms with Gasteiger partial charge in [0.25, 0.3) is 0 Å². The maximum atomic E-state index is 11.9. The van der Waals surface area contributed by atoms with E-state index in [4.69, 9.17) is 10.5 Å². The molecule has 9 heteroatoms. The number of ether oxygens (including phenoxy) is 1. The number of nitrogens with one attached hydrogen (secondary N) is 1. The number of H-pyrrole nitrogens is 1. The van der Waals surface area contributed by atoms with Gasteiger partial charge in [0.05, 0.1) is 0 Å². The minimum atomic E-state index is -0.538. The van der Waals surface area contributed by atoms with Gasteiger partial charge in [-0.3, -0.25) is 5.10 Å². The van der Waals surface area contributed by atoms with Crippen LogP contribution in [0.15, 0.2) is 6.07 Å². The Bertz CT molecular complexity index is 654. The van der Waals surface area contributed by atoms with Gasteiger partial charge in [-0.15, -0.1) is 0 Å². The molecule has 0 fully saturated rings. The van der Waals surface area contributed by atoms with E-state index in [9.17, 15) is 4.79 Å². The fourth-order valence-corrected chi connectivity index (χ4v) is 1.76. The monoisotopic (exact) mass is 305 g/mol. The molecule has 2 rings (SSSR count). The number of carbonyl (C=O) groups excluding carboxylic acids is 1. The molecule has 22 heavy (non-hydrogen) atoms. The Hall–Kier alpha value is -2.71. The van der Waals surface area contributed by atoms with Gasteiger partial charge in [-0.25, -0.2) is 4.79 Å². The van der Waals surface area contributed by atoms with Crippen LogP contribution in [0.3, 0.4) is 0 Å². The third-order valence-corrected chi connectivity index (χ3v) is 2.78. The number of aryl methyl sites for hydroxylation is 1. The van der Waals surface area contributed by atoms with Crippen molar-refractivity contribution in [1.29, 1.82) is 0 Å². The van der Waals surface area contributed by atoms with Crippen LogP contribution in [0, 0.1) is 0 Å². The number of nitrogens with two attached hydrogens (primary N) is 1. The van der Waals surface area contributed by atoms with E-state index >= 15 is 0 Å². The number of esters is 1. The van der Waals surface area contributed by atoms with E-state index in [0.29, 0.717) is 5.95 Å². The molecule has 0 bridgehead atoms. The summed E-state index contributed by atoms with van der Waals surface area (Å²) in [6.45, 7) is 1.95. The lowest BCUT2D eigenvalue weighted by Gasteiger charge is -2.11. The number of nitrogens with zero attached hydrogens (tertiary/aromatic N) is 5. The van der Waals surface area contributed by atoms with E-state index in [1.54, 1.807) is 25.1 Å². The smallest absolute Gasteiger partial charge is 0.359 e. The molecule has 3 N–H and O–H groups in total. The Morgan fingerprint density at radius 3 is 2.82 bits per heavy atom. The first-order chi connectivity index (χ1) is 10.5. The summed E-state index contributed by atoms with van der Waals surface area (Å²) in [6.07, 6.45) is 1.80. The van der Waals surface area contributed by atoms with Crippen molar-refractivity contribution in [3.63, 3.8) is 0 Å². The number of aromatic amines is 1. The fraction of sp³-hybridized carbons (Fsp3) is 0.462. The lowest BCUT2D eigenvalue weighted by molar-refractivity contribution is 0.0455. The molecular formula is C13H19N7O2. The highest BCUT2D eigenvalue weighted by atomic mass is 16.5. The van der Waals surface area contributed by atoms with Crippen molar-refractivity contribution in [2.45, 2.75) is 26.4 Å². The van der Waals surface area contributed by atoms with Crippen LogP contribution in [-0.2, 0) is 17.8 Å². The molecule has 0 aliphatic heterocycles. The molecule has 0 amide bonds. The van der Waals surface area contributed by atoms with Gasteiger partial charge in [-0.05, 0) is 12.5 Å². The van der Waals surface area contributed by atoms with E-state index in [1.165, 1.54) is 0 Å². The number of carbonyl (C=O) groups is 1. The van der Waals surface area contributed by atoms with E-state index in [0.717, 1.165) is 18.5 Å². The molecule has 118 valence electrons. The normalized spacial score (nSPS) is 10.5. The molecule has 0 aliphatic rings. The average molecular weight is 305 g/mol. The highest BCUT2D eigenvalue weighted by Gasteiger charge is 2.14. The molecule has 0 unspecified atom stereocenters. The molecular weight excluding hydrogens is 286 g/mol. The van der Waals surface area contributed by atoms with Gasteiger partial charge in [-0.2, -0.15) is 20.1 Å². The van der Waals surface area contributed by atoms with E-state index in [-0.39, 0.29) is 24.1 Å². The topological polar surface area (TPSA) is 123 Å². The molecule has 0 spiro atoms. The van der Waals surface area contributed by atoms with Gasteiger partial charge in [0.1, 0.15) is 0 Å². The fourth-order valence-electron chi connectivity index (χ4n) is 1.76. The van der Waals surface area contributed by atoms with Crippen LogP contribution in [0.4, 0.5) is 11.9 Å². The molecule has 2 aromatic rings. The lowest BCUT2D eigenvalue weighted by Crippen LogP contribution is -2.17. The van der Waals surface area contributed by atoms with E-state index in [1.807, 2.05) is 6.92 Å². The van der Waals surface area contributed by atoms with Crippen molar-refractivity contribution in [2.24, 2.45) is 0 Å². The minimum absolute atomic E-state index is 0.0785. The maximum Gasteiger partial charge on any atom is 0.359 e. The predicted octanol–water partition coefficient (Wildman–Crippen LogP) is 0.552. The summed E-state index contributed by atoms with van der Waals surface area (Å²) in [5.41, 5.74) is 6.74. The number of aromatic nitrogens is 5. The van der Waals surface area contributed by atoms with Crippen molar-refractivity contribution in [3.8, 4) is 0 Å². The molecule has 0 radical (unpaired) electrons. The highest BCUT2D eigenvalue weighted by Crippen LogP contribution is 2.08. The summed E-state index contributed by atoms with van der Waals surface area (Å²) in [4.78, 5) is 25.7. The van der Waals surface area contributed by atoms with Crippen molar-refractivity contribution in [1.82, 2.24) is 25.1 Å². The Morgan fingerprint density at radius 2 is 2.14 bits per heavy atom. The Balaban J connectivity index is 2.01. The van der Waals surface area contributed by atoms with E-state index in [2.05, 4.69) is 25.1 Å². The molecule has 0 saturated heterocycles. The van der Waals surface area contributed by atoms with Gasteiger partial charge < -0.3 is 15.4 Å². The summed E-state index contributed by atoms with van der Waals surface area (Å²) in [6, 6.07) is 1.68. The van der Waals surface area contributed by atoms with Crippen LogP contribution < -0.4 is 10.6 Å². The van der Waals surface area contributed by atoms with Crippen molar-refractivity contribution in [3.05, 3.63) is 23.3 Å². The third kappa shape index (κ3) is 3.90. The number of rotatable bonds is 6. The largest absolute Gasteiger partial charge is 0.453 e.